The van der Waals surface area contributed by atoms with Crippen LogP contribution in [0.5, 0.6) is 5.75 Å². The number of aliphatic hydroxyl groups is 1. The van der Waals surface area contributed by atoms with Crippen LogP contribution in [0.1, 0.15) is 65.1 Å². The van der Waals surface area contributed by atoms with Crippen LogP contribution in [0.25, 0.3) is 22.2 Å². The Morgan fingerprint density at radius 2 is 2.00 bits per heavy atom. The van der Waals surface area contributed by atoms with Crippen LogP contribution in [-0.4, -0.2) is 44.8 Å². The number of nitrogens with two attached hydrogens (primary N) is 1. The van der Waals surface area contributed by atoms with Gasteiger partial charge >= 0.3 is 0 Å². The van der Waals surface area contributed by atoms with E-state index < -0.39 is 17.3 Å². The number of benzene rings is 2. The molecular formula is C30H29BrFN5O4. The van der Waals surface area contributed by atoms with E-state index in [1.54, 1.807) is 31.2 Å². The Balaban J connectivity index is 1.35. The number of hydrogen-bond donors (Lipinski definition) is 3. The molecule has 4 N–H and O–H groups in total. The van der Waals surface area contributed by atoms with Crippen molar-refractivity contribution in [3.05, 3.63) is 75.8 Å². The topological polar surface area (TPSA) is 132 Å². The SMILES string of the molecule is CCOc1c(C(N)=O)cc([C@@](O)(CNC(=O)c2ccc3nn(C4CC4)cc3c2)C2CC2)nc1-c1cccc(Br)c1F. The Labute approximate surface area is 244 Å². The van der Waals surface area contributed by atoms with E-state index in [2.05, 4.69) is 31.3 Å². The van der Waals surface area contributed by atoms with E-state index in [0.717, 1.165) is 23.7 Å². The molecule has 1 atom stereocenters. The first-order valence-electron chi connectivity index (χ1n) is 13.6. The summed E-state index contributed by atoms with van der Waals surface area (Å²) in [6, 6.07) is 11.8. The highest BCUT2D eigenvalue weighted by Gasteiger charge is 2.47. The second kappa shape index (κ2) is 10.5. The maximum absolute atomic E-state index is 15.3. The first-order chi connectivity index (χ1) is 19.7. The van der Waals surface area contributed by atoms with Gasteiger partial charge in [-0.25, -0.2) is 9.37 Å². The zero-order valence-corrected chi connectivity index (χ0v) is 23.9. The number of fused-ring (bicyclic) bond motifs is 1. The number of carbonyl (C=O) groups is 2. The highest BCUT2D eigenvalue weighted by atomic mass is 79.9. The molecule has 11 heteroatoms. The van der Waals surface area contributed by atoms with Gasteiger partial charge in [0.25, 0.3) is 11.8 Å². The summed E-state index contributed by atoms with van der Waals surface area (Å²) < 4.78 is 23.1. The summed E-state index contributed by atoms with van der Waals surface area (Å²) in [6.07, 6.45) is 5.55. The molecule has 0 bridgehead atoms. The molecule has 2 aromatic heterocycles. The molecule has 0 aliphatic heterocycles. The predicted molar refractivity (Wildman–Crippen MR) is 154 cm³/mol. The van der Waals surface area contributed by atoms with Gasteiger partial charge < -0.3 is 20.9 Å². The normalized spacial score (nSPS) is 16.4. The molecule has 0 saturated heterocycles. The van der Waals surface area contributed by atoms with Crippen LogP contribution >= 0.6 is 15.9 Å². The van der Waals surface area contributed by atoms with Crippen molar-refractivity contribution < 1.29 is 23.8 Å². The standard InChI is InChI=1S/C30H29BrFN5O4/c1-2-41-27-21(28(33)38)13-24(35-26(27)20-4-3-5-22(31)25(20)32)30(40,18-7-8-18)15-34-29(39)16-6-11-23-17(12-16)14-37(36-23)19-9-10-19/h3-6,11-14,18-19,40H,2,7-10,15H2,1H3,(H2,33,38)(H,34,39)/t30-/m1/s1. The highest BCUT2D eigenvalue weighted by Crippen LogP contribution is 2.47. The van der Waals surface area contributed by atoms with E-state index in [9.17, 15) is 14.7 Å². The minimum absolute atomic E-state index is 0.0305. The minimum atomic E-state index is -1.64. The average Bonchev–Trinajstić information content (AvgIpc) is 3.90. The van der Waals surface area contributed by atoms with Crippen molar-refractivity contribution in [3.63, 3.8) is 0 Å². The predicted octanol–water partition coefficient (Wildman–Crippen LogP) is 4.86. The van der Waals surface area contributed by atoms with Crippen molar-refractivity contribution in [2.45, 2.75) is 44.2 Å². The molecule has 2 aliphatic rings. The zero-order valence-electron chi connectivity index (χ0n) is 22.4. The van der Waals surface area contributed by atoms with Gasteiger partial charge in [-0.1, -0.05) is 6.07 Å². The monoisotopic (exact) mass is 621 g/mol. The number of primary amides is 1. The molecule has 2 amide bonds. The molecule has 6 rings (SSSR count). The third-order valence-corrected chi connectivity index (χ3v) is 8.27. The summed E-state index contributed by atoms with van der Waals surface area (Å²) in [4.78, 5) is 30.4. The van der Waals surface area contributed by atoms with Crippen LogP contribution in [0, 0.1) is 11.7 Å². The van der Waals surface area contributed by atoms with Gasteiger partial charge in [0.1, 0.15) is 17.1 Å². The lowest BCUT2D eigenvalue weighted by Gasteiger charge is -2.29. The van der Waals surface area contributed by atoms with Gasteiger partial charge in [0.2, 0.25) is 0 Å². The molecule has 41 heavy (non-hydrogen) atoms. The van der Waals surface area contributed by atoms with Crippen molar-refractivity contribution in [2.75, 3.05) is 13.2 Å². The van der Waals surface area contributed by atoms with Gasteiger partial charge in [-0.05, 0) is 90.9 Å². The summed E-state index contributed by atoms with van der Waals surface area (Å²) in [5, 5.41) is 20.3. The Morgan fingerprint density at radius 3 is 2.68 bits per heavy atom. The number of amides is 2. The zero-order chi connectivity index (χ0) is 28.9. The number of halogens is 2. The fourth-order valence-electron chi connectivity index (χ4n) is 5.13. The van der Waals surface area contributed by atoms with Crippen LogP contribution < -0.4 is 15.8 Å². The van der Waals surface area contributed by atoms with Crippen molar-refractivity contribution in [1.82, 2.24) is 20.1 Å². The maximum Gasteiger partial charge on any atom is 0.252 e. The first-order valence-corrected chi connectivity index (χ1v) is 14.4. The molecule has 2 fully saturated rings. The molecule has 212 valence electrons. The molecule has 2 aliphatic carbocycles. The lowest BCUT2D eigenvalue weighted by molar-refractivity contribution is 0.00946. The quantitative estimate of drug-likeness (QED) is 0.232. The number of carbonyl (C=O) groups excluding carboxylic acids is 2. The summed E-state index contributed by atoms with van der Waals surface area (Å²) in [5.41, 5.74) is 5.52. The van der Waals surface area contributed by atoms with Crippen molar-refractivity contribution >= 4 is 38.6 Å². The van der Waals surface area contributed by atoms with E-state index in [4.69, 9.17) is 10.5 Å². The Kier molecular flexibility index (Phi) is 7.03. The Bertz CT molecular complexity index is 1680. The van der Waals surface area contributed by atoms with Gasteiger partial charge in [0, 0.05) is 22.7 Å². The van der Waals surface area contributed by atoms with Gasteiger partial charge in [-0.3, -0.25) is 14.3 Å². The maximum atomic E-state index is 15.3. The fourth-order valence-corrected chi connectivity index (χ4v) is 5.50. The molecule has 0 radical (unpaired) electrons. The van der Waals surface area contributed by atoms with Crippen LogP contribution in [0.3, 0.4) is 0 Å². The Hall–Kier alpha value is -3.83. The van der Waals surface area contributed by atoms with Crippen LogP contribution in [-0.2, 0) is 5.60 Å². The van der Waals surface area contributed by atoms with Crippen molar-refractivity contribution in [1.29, 1.82) is 0 Å². The van der Waals surface area contributed by atoms with Gasteiger partial charge in [0.15, 0.2) is 5.75 Å². The molecule has 0 unspecified atom stereocenters. The third kappa shape index (κ3) is 5.19. The molecule has 4 aromatic rings. The van der Waals surface area contributed by atoms with E-state index in [1.807, 2.05) is 16.9 Å². The van der Waals surface area contributed by atoms with E-state index >= 15 is 4.39 Å². The molecule has 0 spiro atoms. The second-order valence-electron chi connectivity index (χ2n) is 10.6. The summed E-state index contributed by atoms with van der Waals surface area (Å²) in [7, 11) is 0. The van der Waals surface area contributed by atoms with Crippen molar-refractivity contribution in [2.24, 2.45) is 11.7 Å². The van der Waals surface area contributed by atoms with E-state index in [1.165, 1.54) is 12.1 Å². The average molecular weight is 622 g/mol. The molecule has 9 nitrogen and oxygen atoms in total. The van der Waals surface area contributed by atoms with Gasteiger partial charge in [-0.2, -0.15) is 5.10 Å². The number of nitrogens with zero attached hydrogens (tertiary/aromatic N) is 3. The largest absolute Gasteiger partial charge is 0.491 e. The van der Waals surface area contributed by atoms with Crippen LogP contribution in [0.2, 0.25) is 0 Å². The first kappa shape index (κ1) is 27.3. The minimum Gasteiger partial charge on any atom is -0.491 e. The highest BCUT2D eigenvalue weighted by molar-refractivity contribution is 9.10. The summed E-state index contributed by atoms with van der Waals surface area (Å²) in [5.74, 6) is -1.98. The fraction of sp³-hybridized carbons (Fsp3) is 0.333. The second-order valence-corrected chi connectivity index (χ2v) is 11.5. The van der Waals surface area contributed by atoms with E-state index in [-0.39, 0.29) is 57.7 Å². The summed E-state index contributed by atoms with van der Waals surface area (Å²) >= 11 is 3.20. The summed E-state index contributed by atoms with van der Waals surface area (Å²) in [6.45, 7) is 1.73. The molecule has 2 heterocycles. The number of nitrogens with one attached hydrogen (secondary N) is 1. The van der Waals surface area contributed by atoms with Gasteiger partial charge in [0.05, 0.1) is 40.4 Å². The lowest BCUT2D eigenvalue weighted by Crippen LogP contribution is -2.43. The molecular weight excluding hydrogens is 593 g/mol. The molecule has 2 saturated carbocycles. The third-order valence-electron chi connectivity index (χ3n) is 7.65. The number of rotatable bonds is 10. The number of aromatic nitrogens is 3. The van der Waals surface area contributed by atoms with E-state index in [0.29, 0.717) is 24.4 Å². The number of pyridine rings is 1. The van der Waals surface area contributed by atoms with Crippen molar-refractivity contribution in [3.8, 4) is 17.0 Å². The van der Waals surface area contributed by atoms with Gasteiger partial charge in [-0.15, -0.1) is 0 Å². The number of hydrogen-bond acceptors (Lipinski definition) is 6. The Morgan fingerprint density at radius 1 is 1.22 bits per heavy atom. The smallest absolute Gasteiger partial charge is 0.252 e. The lowest BCUT2D eigenvalue weighted by atomic mass is 9.90. The number of ether oxygens (including phenoxy) is 1. The van der Waals surface area contributed by atoms with Crippen LogP contribution in [0.4, 0.5) is 4.39 Å². The van der Waals surface area contributed by atoms with Crippen LogP contribution in [0.15, 0.2) is 53.1 Å². The molecule has 2 aromatic carbocycles.